The predicted octanol–water partition coefficient (Wildman–Crippen LogP) is 3.64. The summed E-state index contributed by atoms with van der Waals surface area (Å²) in [5, 5.41) is 0. The third-order valence-corrected chi connectivity index (χ3v) is 2.80. The molecule has 0 N–H and O–H groups in total. The van der Waals surface area contributed by atoms with Gasteiger partial charge in [0.25, 0.3) is 0 Å². The van der Waals surface area contributed by atoms with Crippen molar-refractivity contribution >= 4 is 0 Å². The second-order valence-electron chi connectivity index (χ2n) is 4.27. The monoisotopic (exact) mass is 242 g/mol. The first kappa shape index (κ1) is 12.1. The van der Waals surface area contributed by atoms with Gasteiger partial charge >= 0.3 is 6.61 Å². The second-order valence-corrected chi connectivity index (χ2v) is 4.27. The number of aryl methyl sites for hydroxylation is 1. The lowest BCUT2D eigenvalue weighted by Gasteiger charge is -2.13. The Bertz CT molecular complexity index is 376. The van der Waals surface area contributed by atoms with Crippen LogP contribution in [0.3, 0.4) is 0 Å². The number of rotatable bonds is 6. The molecule has 1 aromatic rings. The average Bonchev–Trinajstić information content (AvgIpc) is 3.11. The van der Waals surface area contributed by atoms with E-state index in [9.17, 15) is 8.78 Å². The van der Waals surface area contributed by atoms with Crippen LogP contribution in [-0.4, -0.2) is 13.2 Å². The molecule has 1 saturated carbocycles. The van der Waals surface area contributed by atoms with E-state index in [1.165, 1.54) is 12.8 Å². The molecule has 1 aromatic carbocycles. The van der Waals surface area contributed by atoms with Gasteiger partial charge in [-0.05, 0) is 42.9 Å². The lowest BCUT2D eigenvalue weighted by molar-refractivity contribution is -0.0515. The van der Waals surface area contributed by atoms with E-state index in [1.54, 1.807) is 18.2 Å². The molecule has 94 valence electrons. The molecule has 0 unspecified atom stereocenters. The summed E-state index contributed by atoms with van der Waals surface area (Å²) >= 11 is 0. The maximum Gasteiger partial charge on any atom is 0.387 e. The molecule has 0 amide bonds. The highest BCUT2D eigenvalue weighted by Gasteiger charge is 2.23. The zero-order chi connectivity index (χ0) is 12.3. The topological polar surface area (TPSA) is 18.5 Å². The van der Waals surface area contributed by atoms with Crippen molar-refractivity contribution in [1.82, 2.24) is 0 Å². The smallest absolute Gasteiger partial charge is 0.387 e. The zero-order valence-corrected chi connectivity index (χ0v) is 9.79. The standard InChI is InChI=1S/C13H16F2O2/c1-2-9-5-6-11(17-13(14)15)12(7-9)16-8-10-3-4-10/h5-7,10,13H,2-4,8H2,1H3. The highest BCUT2D eigenvalue weighted by atomic mass is 19.3. The van der Waals surface area contributed by atoms with Crippen molar-refractivity contribution in [3.8, 4) is 11.5 Å². The third-order valence-electron chi connectivity index (χ3n) is 2.80. The maximum absolute atomic E-state index is 12.2. The highest BCUT2D eigenvalue weighted by Crippen LogP contribution is 2.34. The van der Waals surface area contributed by atoms with Crippen molar-refractivity contribution in [2.24, 2.45) is 5.92 Å². The van der Waals surface area contributed by atoms with Gasteiger partial charge in [-0.1, -0.05) is 13.0 Å². The van der Waals surface area contributed by atoms with Crippen LogP contribution >= 0.6 is 0 Å². The minimum Gasteiger partial charge on any atom is -0.489 e. The Kier molecular flexibility index (Phi) is 3.82. The van der Waals surface area contributed by atoms with Crippen molar-refractivity contribution in [2.75, 3.05) is 6.61 Å². The minimum absolute atomic E-state index is 0.123. The Morgan fingerprint density at radius 3 is 2.65 bits per heavy atom. The Hall–Kier alpha value is -1.32. The first-order valence-corrected chi connectivity index (χ1v) is 5.89. The van der Waals surface area contributed by atoms with E-state index < -0.39 is 6.61 Å². The molecule has 1 aliphatic carbocycles. The number of hydrogen-bond donors (Lipinski definition) is 0. The number of alkyl halides is 2. The fourth-order valence-electron chi connectivity index (χ4n) is 1.57. The Balaban J connectivity index is 2.10. The summed E-state index contributed by atoms with van der Waals surface area (Å²) in [6, 6.07) is 5.11. The Morgan fingerprint density at radius 1 is 1.29 bits per heavy atom. The molecular formula is C13H16F2O2. The number of benzene rings is 1. The molecule has 0 aliphatic heterocycles. The first-order chi connectivity index (χ1) is 8.19. The molecule has 2 rings (SSSR count). The molecular weight excluding hydrogens is 226 g/mol. The SMILES string of the molecule is CCc1ccc(OC(F)F)c(OCC2CC2)c1. The van der Waals surface area contributed by atoms with Gasteiger partial charge in [-0.3, -0.25) is 0 Å². The van der Waals surface area contributed by atoms with Crippen molar-refractivity contribution in [1.29, 1.82) is 0 Å². The van der Waals surface area contributed by atoms with E-state index >= 15 is 0 Å². The van der Waals surface area contributed by atoms with Crippen LogP contribution in [0.25, 0.3) is 0 Å². The second kappa shape index (κ2) is 5.34. The summed E-state index contributed by atoms with van der Waals surface area (Å²) in [5.41, 5.74) is 1.05. The van der Waals surface area contributed by atoms with Crippen molar-refractivity contribution in [3.63, 3.8) is 0 Å². The summed E-state index contributed by atoms with van der Waals surface area (Å²) in [4.78, 5) is 0. The number of halogens is 2. The van der Waals surface area contributed by atoms with Gasteiger partial charge in [-0.15, -0.1) is 0 Å². The van der Waals surface area contributed by atoms with Gasteiger partial charge in [0, 0.05) is 0 Å². The quantitative estimate of drug-likeness (QED) is 0.758. The van der Waals surface area contributed by atoms with E-state index in [2.05, 4.69) is 4.74 Å². The van der Waals surface area contributed by atoms with Crippen LogP contribution in [0.4, 0.5) is 8.78 Å². The fourth-order valence-corrected chi connectivity index (χ4v) is 1.57. The maximum atomic E-state index is 12.2. The summed E-state index contributed by atoms with van der Waals surface area (Å²) in [5.74, 6) is 1.13. The lowest BCUT2D eigenvalue weighted by Crippen LogP contribution is -2.06. The van der Waals surface area contributed by atoms with Gasteiger partial charge in [-0.25, -0.2) is 0 Å². The summed E-state index contributed by atoms with van der Waals surface area (Å²) in [7, 11) is 0. The Labute approximate surface area is 99.5 Å². The van der Waals surface area contributed by atoms with E-state index in [1.807, 2.05) is 6.92 Å². The molecule has 17 heavy (non-hydrogen) atoms. The average molecular weight is 242 g/mol. The summed E-state index contributed by atoms with van der Waals surface area (Å²) < 4.78 is 34.4. The Morgan fingerprint density at radius 2 is 2.06 bits per heavy atom. The zero-order valence-electron chi connectivity index (χ0n) is 9.79. The van der Waals surface area contributed by atoms with Gasteiger partial charge in [0.05, 0.1) is 6.61 Å². The van der Waals surface area contributed by atoms with Gasteiger partial charge in [0.2, 0.25) is 0 Å². The van der Waals surface area contributed by atoms with Crippen molar-refractivity contribution in [2.45, 2.75) is 32.8 Å². The van der Waals surface area contributed by atoms with Gasteiger partial charge < -0.3 is 9.47 Å². The highest BCUT2D eigenvalue weighted by molar-refractivity contribution is 5.43. The van der Waals surface area contributed by atoms with Crippen LogP contribution in [0, 0.1) is 5.92 Å². The normalized spacial score (nSPS) is 15.1. The third kappa shape index (κ3) is 3.58. The molecule has 0 bridgehead atoms. The molecule has 0 aromatic heterocycles. The number of hydrogen-bond acceptors (Lipinski definition) is 2. The molecule has 0 heterocycles. The van der Waals surface area contributed by atoms with Crippen LogP contribution in [-0.2, 0) is 6.42 Å². The van der Waals surface area contributed by atoms with Crippen LogP contribution in [0.15, 0.2) is 18.2 Å². The molecule has 4 heteroatoms. The first-order valence-electron chi connectivity index (χ1n) is 5.89. The largest absolute Gasteiger partial charge is 0.489 e. The molecule has 1 fully saturated rings. The van der Waals surface area contributed by atoms with Crippen molar-refractivity contribution in [3.05, 3.63) is 23.8 Å². The molecule has 0 atom stereocenters. The fraction of sp³-hybridized carbons (Fsp3) is 0.538. The summed E-state index contributed by atoms with van der Waals surface area (Å²) in [6.07, 6.45) is 3.17. The van der Waals surface area contributed by atoms with E-state index in [4.69, 9.17) is 4.74 Å². The lowest BCUT2D eigenvalue weighted by atomic mass is 10.1. The molecule has 1 aliphatic rings. The van der Waals surface area contributed by atoms with Crippen LogP contribution < -0.4 is 9.47 Å². The molecule has 0 saturated heterocycles. The molecule has 2 nitrogen and oxygen atoms in total. The van der Waals surface area contributed by atoms with Crippen LogP contribution in [0.2, 0.25) is 0 Å². The van der Waals surface area contributed by atoms with Gasteiger partial charge in [0.1, 0.15) is 0 Å². The van der Waals surface area contributed by atoms with E-state index in [0.29, 0.717) is 18.3 Å². The molecule has 0 spiro atoms. The number of ether oxygens (including phenoxy) is 2. The van der Waals surface area contributed by atoms with E-state index in [-0.39, 0.29) is 5.75 Å². The molecule has 0 radical (unpaired) electrons. The van der Waals surface area contributed by atoms with Crippen LogP contribution in [0.5, 0.6) is 11.5 Å². The predicted molar refractivity (Wildman–Crippen MR) is 60.7 cm³/mol. The van der Waals surface area contributed by atoms with Gasteiger partial charge in [0.15, 0.2) is 11.5 Å². The van der Waals surface area contributed by atoms with Gasteiger partial charge in [-0.2, -0.15) is 8.78 Å². The van der Waals surface area contributed by atoms with E-state index in [0.717, 1.165) is 12.0 Å². The summed E-state index contributed by atoms with van der Waals surface area (Å²) in [6.45, 7) is -0.216. The van der Waals surface area contributed by atoms with Crippen LogP contribution in [0.1, 0.15) is 25.3 Å². The minimum atomic E-state index is -2.81. The van der Waals surface area contributed by atoms with Crippen molar-refractivity contribution < 1.29 is 18.3 Å².